The Labute approximate surface area is 45.3 Å². The molecule has 48 valence electrons. The molecule has 0 saturated carbocycles. The van der Waals surface area contributed by atoms with Crippen LogP contribution in [0.25, 0.3) is 0 Å². The van der Waals surface area contributed by atoms with Crippen LogP contribution in [-0.2, 0) is 9.68 Å². The summed E-state index contributed by atoms with van der Waals surface area (Å²) in [6.07, 6.45) is -2.33. The SMILES string of the molecule is O=C([O-])[O-].O=CO[O-].[H+]. The quantitative estimate of drug-likeness (QED) is 0.199. The molecule has 0 spiro atoms. The molecule has 0 radical (unpaired) electrons. The summed E-state index contributed by atoms with van der Waals surface area (Å²) in [7, 11) is 0. The van der Waals surface area contributed by atoms with Crippen LogP contribution in [0.5, 0.6) is 0 Å². The van der Waals surface area contributed by atoms with Crippen LogP contribution in [0.4, 0.5) is 4.79 Å². The van der Waals surface area contributed by atoms with Crippen molar-refractivity contribution in [3.05, 3.63) is 0 Å². The zero-order valence-electron chi connectivity index (χ0n) is 4.53. The van der Waals surface area contributed by atoms with Crippen LogP contribution in [0.3, 0.4) is 0 Å². The smallest absolute Gasteiger partial charge is 0.662 e. The minimum atomic E-state index is -2.33. The molecule has 0 N–H and O–H groups in total. The van der Waals surface area contributed by atoms with Crippen molar-refractivity contribution in [2.45, 2.75) is 0 Å². The van der Waals surface area contributed by atoms with E-state index in [1.165, 1.54) is 0 Å². The molecule has 0 aliphatic carbocycles. The van der Waals surface area contributed by atoms with E-state index in [2.05, 4.69) is 4.89 Å². The van der Waals surface area contributed by atoms with Crippen LogP contribution in [0, 0.1) is 0 Å². The van der Waals surface area contributed by atoms with E-state index in [9.17, 15) is 0 Å². The summed E-state index contributed by atoms with van der Waals surface area (Å²) in [5, 5.41) is 25.1. The van der Waals surface area contributed by atoms with E-state index in [1.54, 1.807) is 0 Å². The minimum absolute atomic E-state index is 0. The van der Waals surface area contributed by atoms with Gasteiger partial charge in [-0.3, -0.25) is 4.79 Å². The van der Waals surface area contributed by atoms with Gasteiger partial charge in [0.1, 0.15) is 0 Å². The highest BCUT2D eigenvalue weighted by atomic mass is 17.1. The molecule has 0 heterocycles. The van der Waals surface area contributed by atoms with E-state index in [0.717, 1.165) is 0 Å². The number of hydrogen-bond acceptors (Lipinski definition) is 6. The van der Waals surface area contributed by atoms with Gasteiger partial charge < -0.3 is 25.2 Å². The average Bonchev–Trinajstić information content (AvgIpc) is 1.65. The van der Waals surface area contributed by atoms with Gasteiger partial charge in [-0.15, -0.1) is 0 Å². The molecular formula is C2H2O6-2. The Morgan fingerprint density at radius 1 is 1.62 bits per heavy atom. The van der Waals surface area contributed by atoms with Gasteiger partial charge in [0.15, 0.2) is 0 Å². The maximum absolute atomic E-state index is 8.64. The molecule has 0 aromatic heterocycles. The van der Waals surface area contributed by atoms with E-state index < -0.39 is 6.16 Å². The average molecular weight is 122 g/mol. The zero-order chi connectivity index (χ0) is 6.99. The second-order valence-corrected chi connectivity index (χ2v) is 0.442. The van der Waals surface area contributed by atoms with Crippen molar-refractivity contribution in [3.8, 4) is 0 Å². The maximum atomic E-state index is 8.64. The first-order valence-electron chi connectivity index (χ1n) is 1.25. The summed E-state index contributed by atoms with van der Waals surface area (Å²) >= 11 is 0. The number of hydrogen-bond donors (Lipinski definition) is 0. The fourth-order valence-corrected chi connectivity index (χ4v) is 0. The Hall–Kier alpha value is -1.30. The van der Waals surface area contributed by atoms with E-state index in [4.69, 9.17) is 25.1 Å². The number of rotatable bonds is 1. The van der Waals surface area contributed by atoms with Crippen LogP contribution in [0.2, 0.25) is 0 Å². The molecule has 6 nitrogen and oxygen atoms in total. The molecule has 0 aromatic rings. The third-order valence-corrected chi connectivity index (χ3v) is 0.0393. The first kappa shape index (κ1) is 9.85. The fraction of sp³-hybridized carbons (Fsp3) is 0. The van der Waals surface area contributed by atoms with Crippen molar-refractivity contribution < 1.29 is 31.4 Å². The predicted octanol–water partition coefficient (Wildman–Crippen LogP) is -3.90. The molecule has 6 heteroatoms. The van der Waals surface area contributed by atoms with Crippen molar-refractivity contribution in [2.75, 3.05) is 0 Å². The molecule has 0 atom stereocenters. The standard InChI is InChI=1S/2CH2O3/c2-1-4-3;2-1(3)4/h1,3H;(H2,2,3,4)/p-2. The molecule has 0 aliphatic heterocycles. The molecule has 0 fully saturated rings. The summed E-state index contributed by atoms with van der Waals surface area (Å²) in [5.74, 6) is 0. The molecular weight excluding hydrogens is 120 g/mol. The van der Waals surface area contributed by atoms with E-state index in [1.807, 2.05) is 0 Å². The van der Waals surface area contributed by atoms with Crippen molar-refractivity contribution in [3.63, 3.8) is 0 Å². The number of carboxylic acid groups (broad SMARTS) is 2. The van der Waals surface area contributed by atoms with Gasteiger partial charge in [-0.05, 0) is 6.16 Å². The van der Waals surface area contributed by atoms with Crippen molar-refractivity contribution in [2.24, 2.45) is 0 Å². The van der Waals surface area contributed by atoms with E-state index in [-0.39, 0.29) is 7.90 Å². The van der Waals surface area contributed by atoms with E-state index >= 15 is 0 Å². The Morgan fingerprint density at radius 3 is 1.75 bits per heavy atom. The molecule has 0 saturated heterocycles. The third kappa shape index (κ3) is 715. The monoisotopic (exact) mass is 122 g/mol. The lowest BCUT2D eigenvalue weighted by Gasteiger charge is -1.96. The molecule has 8 heavy (non-hydrogen) atoms. The van der Waals surface area contributed by atoms with Gasteiger partial charge in [-0.1, -0.05) is 0 Å². The van der Waals surface area contributed by atoms with Gasteiger partial charge >= 0.3 is 1.43 Å². The summed E-state index contributed by atoms with van der Waals surface area (Å²) in [6, 6.07) is 0. The summed E-state index contributed by atoms with van der Waals surface area (Å²) in [5.41, 5.74) is 0. The lowest BCUT2D eigenvalue weighted by molar-refractivity contribution is -0.652. The normalized spacial score (nSPS) is 5.62. The Bertz CT molecular complexity index is 67.5. The molecule has 0 rings (SSSR count). The van der Waals surface area contributed by atoms with Crippen molar-refractivity contribution >= 4 is 12.6 Å². The predicted molar refractivity (Wildman–Crippen MR) is 13.7 cm³/mol. The van der Waals surface area contributed by atoms with Crippen molar-refractivity contribution in [1.29, 1.82) is 0 Å². The molecule has 0 bridgehead atoms. The maximum Gasteiger partial charge on any atom is 1.00 e. The van der Waals surface area contributed by atoms with Crippen LogP contribution in [0.1, 0.15) is 1.43 Å². The molecule has 0 aliphatic rings. The van der Waals surface area contributed by atoms with Gasteiger partial charge in [0.05, 0.1) is 0 Å². The van der Waals surface area contributed by atoms with Crippen LogP contribution in [0.15, 0.2) is 0 Å². The van der Waals surface area contributed by atoms with E-state index in [0.29, 0.717) is 0 Å². The van der Waals surface area contributed by atoms with Gasteiger partial charge in [-0.2, -0.15) is 0 Å². The van der Waals surface area contributed by atoms with Crippen molar-refractivity contribution in [1.82, 2.24) is 0 Å². The summed E-state index contributed by atoms with van der Waals surface area (Å²) in [4.78, 5) is 19.6. The Kier molecular flexibility index (Phi) is 11.3. The molecule has 0 amide bonds. The lowest BCUT2D eigenvalue weighted by atomic mass is 11.5. The third-order valence-electron chi connectivity index (χ3n) is 0.0393. The highest BCUT2D eigenvalue weighted by molar-refractivity contribution is 5.47. The molecule has 0 aromatic carbocycles. The minimum Gasteiger partial charge on any atom is -0.662 e. The van der Waals surface area contributed by atoms with Gasteiger partial charge in [0.25, 0.3) is 6.47 Å². The van der Waals surface area contributed by atoms with Crippen LogP contribution in [-0.4, -0.2) is 12.6 Å². The van der Waals surface area contributed by atoms with Crippen LogP contribution < -0.4 is 15.5 Å². The fourth-order valence-electron chi connectivity index (χ4n) is 0. The highest BCUT2D eigenvalue weighted by Crippen LogP contribution is 1.23. The summed E-state index contributed by atoms with van der Waals surface area (Å²) < 4.78 is 0. The molecule has 0 unspecified atom stereocenters. The largest absolute Gasteiger partial charge is 1.00 e. The van der Waals surface area contributed by atoms with Gasteiger partial charge in [0.2, 0.25) is 0 Å². The Morgan fingerprint density at radius 2 is 1.75 bits per heavy atom. The Balaban J connectivity index is -0.0000000720. The first-order valence-corrected chi connectivity index (χ1v) is 1.25. The zero-order valence-corrected chi connectivity index (χ0v) is 3.53. The lowest BCUT2D eigenvalue weighted by Crippen LogP contribution is -2.37. The number of carbonyl (C=O) groups excluding carboxylic acids is 2. The second kappa shape index (κ2) is 9.20. The van der Waals surface area contributed by atoms with Gasteiger partial charge in [0, 0.05) is 0 Å². The topological polar surface area (TPSA) is 113 Å². The van der Waals surface area contributed by atoms with Gasteiger partial charge in [-0.25, -0.2) is 0 Å². The second-order valence-electron chi connectivity index (χ2n) is 0.442. The van der Waals surface area contributed by atoms with Crippen LogP contribution >= 0.6 is 0 Å². The summed E-state index contributed by atoms with van der Waals surface area (Å²) in [6.45, 7) is -0.181. The number of carbonyl (C=O) groups is 2. The highest BCUT2D eigenvalue weighted by Gasteiger charge is 1.34. The first-order chi connectivity index (χ1) is 3.65.